The van der Waals surface area contributed by atoms with Crippen LogP contribution in [0.15, 0.2) is 30.3 Å². The smallest absolute Gasteiger partial charge is 0.261 e. The van der Waals surface area contributed by atoms with Gasteiger partial charge in [0.15, 0.2) is 10.9 Å². The summed E-state index contributed by atoms with van der Waals surface area (Å²) >= 11 is 13.2. The summed E-state index contributed by atoms with van der Waals surface area (Å²) in [5, 5.41) is 0.898. The van der Waals surface area contributed by atoms with Crippen LogP contribution in [0.1, 0.15) is 10.4 Å². The summed E-state index contributed by atoms with van der Waals surface area (Å²) in [6.07, 6.45) is 0. The minimum Gasteiger partial charge on any atom is -0.379 e. The molecule has 3 aromatic rings. The first kappa shape index (κ1) is 21.4. The van der Waals surface area contributed by atoms with E-state index in [1.165, 1.54) is 17.0 Å². The Morgan fingerprint density at radius 2 is 1.97 bits per heavy atom. The monoisotopic (exact) mass is 471 g/mol. The van der Waals surface area contributed by atoms with Gasteiger partial charge in [-0.2, -0.15) is 0 Å². The lowest BCUT2D eigenvalue weighted by atomic mass is 10.2. The number of fused-ring (bicyclic) bond motifs is 1. The zero-order valence-corrected chi connectivity index (χ0v) is 18.0. The topological polar surface area (TPSA) is 45.7 Å². The molecule has 158 valence electrons. The standard InChI is InChI=1S/C20H17Cl2F2N3O2S/c21-12-1-2-14(15(22)9-12)19(28)27(4-3-26-5-7-29-8-6-26)20-25-18-16(24)10-13(23)11-17(18)30-20/h1-2,9-11H,3-8H2. The Labute approximate surface area is 185 Å². The molecular weight excluding hydrogens is 455 g/mol. The van der Waals surface area contributed by atoms with Crippen LogP contribution in [0.4, 0.5) is 13.9 Å². The van der Waals surface area contributed by atoms with Crippen molar-refractivity contribution in [1.82, 2.24) is 9.88 Å². The lowest BCUT2D eigenvalue weighted by Crippen LogP contribution is -2.43. The third kappa shape index (κ3) is 4.58. The molecule has 0 aliphatic carbocycles. The van der Waals surface area contributed by atoms with Gasteiger partial charge in [-0.25, -0.2) is 13.8 Å². The molecule has 1 fully saturated rings. The van der Waals surface area contributed by atoms with Crippen LogP contribution in [0.25, 0.3) is 10.2 Å². The first-order valence-electron chi connectivity index (χ1n) is 9.25. The summed E-state index contributed by atoms with van der Waals surface area (Å²) < 4.78 is 33.5. The molecule has 2 heterocycles. The molecule has 0 N–H and O–H groups in total. The quantitative estimate of drug-likeness (QED) is 0.532. The zero-order valence-electron chi connectivity index (χ0n) is 15.7. The summed E-state index contributed by atoms with van der Waals surface area (Å²) in [5.74, 6) is -1.84. The molecule has 1 aromatic heterocycles. The van der Waals surface area contributed by atoms with E-state index in [9.17, 15) is 13.6 Å². The summed E-state index contributed by atoms with van der Waals surface area (Å²) in [6, 6.07) is 6.60. The van der Waals surface area contributed by atoms with Crippen LogP contribution < -0.4 is 4.90 Å². The van der Waals surface area contributed by atoms with E-state index < -0.39 is 11.6 Å². The minimum absolute atomic E-state index is 0.0303. The summed E-state index contributed by atoms with van der Waals surface area (Å²) in [6.45, 7) is 3.65. The van der Waals surface area contributed by atoms with E-state index >= 15 is 0 Å². The fourth-order valence-corrected chi connectivity index (χ4v) is 4.74. The highest BCUT2D eigenvalue weighted by molar-refractivity contribution is 7.22. The zero-order chi connectivity index (χ0) is 21.3. The van der Waals surface area contributed by atoms with Crippen molar-refractivity contribution in [3.8, 4) is 0 Å². The van der Waals surface area contributed by atoms with E-state index in [4.69, 9.17) is 27.9 Å². The average Bonchev–Trinajstić information content (AvgIpc) is 3.13. The van der Waals surface area contributed by atoms with Crippen molar-refractivity contribution in [2.75, 3.05) is 44.3 Å². The summed E-state index contributed by atoms with van der Waals surface area (Å²) in [4.78, 5) is 21.2. The largest absolute Gasteiger partial charge is 0.379 e. The third-order valence-electron chi connectivity index (χ3n) is 4.78. The van der Waals surface area contributed by atoms with Gasteiger partial charge >= 0.3 is 0 Å². The molecule has 1 saturated heterocycles. The predicted molar refractivity (Wildman–Crippen MR) is 115 cm³/mol. The number of morpholine rings is 1. The maximum Gasteiger partial charge on any atom is 0.261 e. The second kappa shape index (κ2) is 9.11. The summed E-state index contributed by atoms with van der Waals surface area (Å²) in [7, 11) is 0. The van der Waals surface area contributed by atoms with E-state index in [0.29, 0.717) is 36.0 Å². The van der Waals surface area contributed by atoms with Gasteiger partial charge in [0.25, 0.3) is 5.91 Å². The molecule has 0 radical (unpaired) electrons. The number of nitrogens with zero attached hydrogens (tertiary/aromatic N) is 3. The van der Waals surface area contributed by atoms with Crippen LogP contribution in [0.2, 0.25) is 10.0 Å². The number of amides is 1. The van der Waals surface area contributed by atoms with Crippen molar-refractivity contribution >= 4 is 55.8 Å². The number of halogens is 4. The summed E-state index contributed by atoms with van der Waals surface area (Å²) in [5.41, 5.74) is 0.289. The molecule has 5 nitrogen and oxygen atoms in total. The number of carbonyl (C=O) groups excluding carboxylic acids is 1. The highest BCUT2D eigenvalue weighted by Crippen LogP contribution is 2.33. The molecule has 1 aliphatic rings. The highest BCUT2D eigenvalue weighted by Gasteiger charge is 2.25. The number of benzene rings is 2. The van der Waals surface area contributed by atoms with Gasteiger partial charge < -0.3 is 4.74 Å². The molecule has 1 aliphatic heterocycles. The third-order valence-corrected chi connectivity index (χ3v) is 6.36. The Kier molecular flexibility index (Phi) is 6.50. The van der Waals surface area contributed by atoms with Gasteiger partial charge in [0.05, 0.1) is 28.5 Å². The van der Waals surface area contributed by atoms with Gasteiger partial charge in [-0.05, 0) is 24.3 Å². The highest BCUT2D eigenvalue weighted by atomic mass is 35.5. The van der Waals surface area contributed by atoms with Crippen LogP contribution >= 0.6 is 34.5 Å². The van der Waals surface area contributed by atoms with E-state index in [0.717, 1.165) is 30.5 Å². The van der Waals surface area contributed by atoms with E-state index in [1.54, 1.807) is 12.1 Å². The number of aromatic nitrogens is 1. The Morgan fingerprint density at radius 3 is 2.70 bits per heavy atom. The van der Waals surface area contributed by atoms with Crippen LogP contribution in [-0.4, -0.2) is 55.2 Å². The lowest BCUT2D eigenvalue weighted by molar-refractivity contribution is 0.0391. The SMILES string of the molecule is O=C(c1ccc(Cl)cc1Cl)N(CCN1CCOCC1)c1nc2c(F)cc(F)cc2s1. The maximum absolute atomic E-state index is 14.2. The van der Waals surface area contributed by atoms with Crippen molar-refractivity contribution in [3.63, 3.8) is 0 Å². The lowest BCUT2D eigenvalue weighted by Gasteiger charge is -2.29. The van der Waals surface area contributed by atoms with Gasteiger partial charge in [0, 0.05) is 37.3 Å². The minimum atomic E-state index is -0.766. The van der Waals surface area contributed by atoms with Crippen molar-refractivity contribution in [2.24, 2.45) is 0 Å². The number of carbonyl (C=O) groups is 1. The van der Waals surface area contributed by atoms with Gasteiger partial charge in [0.2, 0.25) is 0 Å². The number of thiazole rings is 1. The average molecular weight is 472 g/mol. The van der Waals surface area contributed by atoms with Gasteiger partial charge in [-0.15, -0.1) is 0 Å². The first-order valence-corrected chi connectivity index (χ1v) is 10.8. The fraction of sp³-hybridized carbons (Fsp3) is 0.300. The molecule has 0 unspecified atom stereocenters. The van der Waals surface area contributed by atoms with E-state index in [1.807, 2.05) is 0 Å². The Bertz CT molecular complexity index is 1090. The number of ether oxygens (including phenoxy) is 1. The molecule has 0 saturated carbocycles. The normalized spacial score (nSPS) is 14.9. The first-order chi connectivity index (χ1) is 14.4. The van der Waals surface area contributed by atoms with Crippen LogP contribution in [0, 0.1) is 11.6 Å². The van der Waals surface area contributed by atoms with E-state index in [-0.39, 0.29) is 27.1 Å². The van der Waals surface area contributed by atoms with E-state index in [2.05, 4.69) is 9.88 Å². The molecule has 4 rings (SSSR count). The molecule has 30 heavy (non-hydrogen) atoms. The maximum atomic E-state index is 14.2. The number of anilines is 1. The predicted octanol–water partition coefficient (Wildman–Crippen LogP) is 4.86. The van der Waals surface area contributed by atoms with Crippen LogP contribution in [0.3, 0.4) is 0 Å². The molecule has 1 amide bonds. The van der Waals surface area contributed by atoms with Gasteiger partial charge in [-0.1, -0.05) is 34.5 Å². The Hall–Kier alpha value is -1.84. The second-order valence-electron chi connectivity index (χ2n) is 6.77. The molecular formula is C20H17Cl2F2N3O2S. The number of hydrogen-bond acceptors (Lipinski definition) is 5. The molecule has 0 bridgehead atoms. The van der Waals surface area contributed by atoms with Crippen molar-refractivity contribution in [2.45, 2.75) is 0 Å². The second-order valence-corrected chi connectivity index (χ2v) is 8.62. The Balaban J connectivity index is 1.69. The molecule has 0 atom stereocenters. The molecule has 0 spiro atoms. The van der Waals surface area contributed by atoms with Gasteiger partial charge in [-0.3, -0.25) is 14.6 Å². The number of hydrogen-bond donors (Lipinski definition) is 0. The van der Waals surface area contributed by atoms with Crippen molar-refractivity contribution < 1.29 is 18.3 Å². The number of rotatable bonds is 5. The van der Waals surface area contributed by atoms with Crippen LogP contribution in [0.5, 0.6) is 0 Å². The molecule has 2 aromatic carbocycles. The fourth-order valence-electron chi connectivity index (χ4n) is 3.22. The van der Waals surface area contributed by atoms with Gasteiger partial charge in [0.1, 0.15) is 11.3 Å². The Morgan fingerprint density at radius 1 is 1.20 bits per heavy atom. The van der Waals surface area contributed by atoms with Crippen LogP contribution in [-0.2, 0) is 4.74 Å². The van der Waals surface area contributed by atoms with Crippen molar-refractivity contribution in [3.05, 3.63) is 57.6 Å². The van der Waals surface area contributed by atoms with Crippen molar-refractivity contribution in [1.29, 1.82) is 0 Å². The molecule has 10 heteroatoms.